The molecule has 10 aromatic rings. The van der Waals surface area contributed by atoms with E-state index < -0.39 is 0 Å². The van der Waals surface area contributed by atoms with Crippen LogP contribution in [0.5, 0.6) is 0 Å². The normalized spacial score (nSPS) is 11.5. The summed E-state index contributed by atoms with van der Waals surface area (Å²) in [7, 11) is 0. The van der Waals surface area contributed by atoms with Gasteiger partial charge in [0.15, 0.2) is 0 Å². The highest BCUT2D eigenvalue weighted by atomic mass is 32.1. The van der Waals surface area contributed by atoms with Crippen LogP contribution in [0.4, 0.5) is 17.1 Å². The lowest BCUT2D eigenvalue weighted by atomic mass is 9.98. The molecule has 0 saturated carbocycles. The molecule has 0 amide bonds. The third-order valence-corrected chi connectivity index (χ3v) is 11.5. The van der Waals surface area contributed by atoms with Crippen LogP contribution in [0.15, 0.2) is 200 Å². The van der Waals surface area contributed by atoms with Crippen LogP contribution in [-0.4, -0.2) is 0 Å². The summed E-state index contributed by atoms with van der Waals surface area (Å²) in [5, 5.41) is 7.61. The maximum atomic E-state index is 2.42. The van der Waals surface area contributed by atoms with E-state index in [1.54, 1.807) is 0 Å². The highest BCUT2D eigenvalue weighted by molar-refractivity contribution is 7.26. The first kappa shape index (κ1) is 30.4. The predicted molar refractivity (Wildman–Crippen MR) is 225 cm³/mol. The molecule has 0 bridgehead atoms. The van der Waals surface area contributed by atoms with E-state index in [0.717, 1.165) is 17.1 Å². The molecule has 0 aliphatic carbocycles. The fraction of sp³-hybridized carbons (Fsp3) is 0. The molecule has 10 rings (SSSR count). The maximum Gasteiger partial charge on any atom is 0.0546 e. The van der Waals surface area contributed by atoms with Crippen molar-refractivity contribution in [3.8, 4) is 33.4 Å². The number of fused-ring (bicyclic) bond motifs is 6. The van der Waals surface area contributed by atoms with Gasteiger partial charge in [0.1, 0.15) is 0 Å². The zero-order valence-corrected chi connectivity index (χ0v) is 29.2. The smallest absolute Gasteiger partial charge is 0.0546 e. The average molecular weight is 680 g/mol. The number of anilines is 3. The van der Waals surface area contributed by atoms with E-state index in [1.165, 1.54) is 75.1 Å². The van der Waals surface area contributed by atoms with Crippen LogP contribution in [0.2, 0.25) is 0 Å². The standard InChI is InChI=1S/C50H33NS/c1-2-10-34(11-3-1)35-20-22-36(23-21-35)37-26-30-41(31-27-37)51(47-18-8-13-40-25-24-38-12-4-5-14-43(38)49(40)47)42-32-28-39(29-33-42)44-16-9-17-46-45-15-6-7-19-48(45)52-50(44)46/h1-33H. The van der Waals surface area contributed by atoms with Gasteiger partial charge < -0.3 is 4.90 Å². The van der Waals surface area contributed by atoms with Gasteiger partial charge in [-0.15, -0.1) is 11.3 Å². The Morgan fingerprint density at radius 2 is 0.846 bits per heavy atom. The Balaban J connectivity index is 1.09. The number of thiophene rings is 1. The van der Waals surface area contributed by atoms with E-state index in [-0.39, 0.29) is 0 Å². The summed E-state index contributed by atoms with van der Waals surface area (Å²) in [5.41, 5.74) is 10.7. The molecule has 0 aliphatic rings. The molecule has 0 spiro atoms. The zero-order chi connectivity index (χ0) is 34.4. The third-order valence-electron chi connectivity index (χ3n) is 10.3. The molecule has 244 valence electrons. The van der Waals surface area contributed by atoms with Gasteiger partial charge in [-0.1, -0.05) is 164 Å². The molecule has 2 heteroatoms. The van der Waals surface area contributed by atoms with Crippen molar-refractivity contribution < 1.29 is 0 Å². The molecular formula is C50H33NS. The molecule has 0 fully saturated rings. The van der Waals surface area contributed by atoms with Crippen molar-refractivity contribution in [2.45, 2.75) is 0 Å². The third kappa shape index (κ3) is 5.24. The van der Waals surface area contributed by atoms with Crippen LogP contribution in [0.25, 0.3) is 75.1 Å². The summed E-state index contributed by atoms with van der Waals surface area (Å²) >= 11 is 1.88. The largest absolute Gasteiger partial charge is 0.310 e. The maximum absolute atomic E-state index is 2.42. The number of hydrogen-bond acceptors (Lipinski definition) is 2. The van der Waals surface area contributed by atoms with Gasteiger partial charge in [0, 0.05) is 36.9 Å². The van der Waals surface area contributed by atoms with Crippen molar-refractivity contribution in [1.29, 1.82) is 0 Å². The molecule has 9 aromatic carbocycles. The van der Waals surface area contributed by atoms with Crippen molar-refractivity contribution in [2.75, 3.05) is 4.90 Å². The van der Waals surface area contributed by atoms with Gasteiger partial charge in [0.25, 0.3) is 0 Å². The first-order valence-corrected chi connectivity index (χ1v) is 18.6. The van der Waals surface area contributed by atoms with E-state index in [9.17, 15) is 0 Å². The summed E-state index contributed by atoms with van der Waals surface area (Å²) in [6, 6.07) is 72.9. The quantitative estimate of drug-likeness (QED) is 0.158. The van der Waals surface area contributed by atoms with Crippen LogP contribution in [-0.2, 0) is 0 Å². The lowest BCUT2D eigenvalue weighted by molar-refractivity contribution is 1.30. The van der Waals surface area contributed by atoms with E-state index in [2.05, 4.69) is 205 Å². The molecule has 0 aliphatic heterocycles. The molecule has 1 heterocycles. The molecule has 1 aromatic heterocycles. The Labute approximate surface area is 307 Å². The number of rotatable bonds is 6. The summed E-state index contributed by atoms with van der Waals surface area (Å²) in [4.78, 5) is 2.42. The first-order valence-electron chi connectivity index (χ1n) is 17.8. The van der Waals surface area contributed by atoms with E-state index in [0.29, 0.717) is 0 Å². The first-order chi connectivity index (χ1) is 25.8. The average Bonchev–Trinajstić information content (AvgIpc) is 3.61. The van der Waals surface area contributed by atoms with Gasteiger partial charge in [-0.3, -0.25) is 0 Å². The monoisotopic (exact) mass is 679 g/mol. The zero-order valence-electron chi connectivity index (χ0n) is 28.4. The summed E-state index contributed by atoms with van der Waals surface area (Å²) in [6.45, 7) is 0. The number of nitrogens with zero attached hydrogens (tertiary/aromatic N) is 1. The second-order valence-corrected chi connectivity index (χ2v) is 14.4. The Kier molecular flexibility index (Phi) is 7.41. The lowest BCUT2D eigenvalue weighted by Gasteiger charge is -2.28. The van der Waals surface area contributed by atoms with Crippen molar-refractivity contribution >= 4 is 70.1 Å². The van der Waals surface area contributed by atoms with E-state index >= 15 is 0 Å². The minimum atomic E-state index is 1.12. The van der Waals surface area contributed by atoms with Crippen LogP contribution in [0.3, 0.4) is 0 Å². The summed E-state index contributed by atoms with van der Waals surface area (Å²) in [5.74, 6) is 0. The van der Waals surface area contributed by atoms with Gasteiger partial charge in [-0.25, -0.2) is 0 Å². The number of hydrogen-bond donors (Lipinski definition) is 0. The Bertz CT molecular complexity index is 2870. The molecule has 0 atom stereocenters. The van der Waals surface area contributed by atoms with Crippen LogP contribution in [0.1, 0.15) is 0 Å². The Morgan fingerprint density at radius 3 is 1.58 bits per heavy atom. The lowest BCUT2D eigenvalue weighted by Crippen LogP contribution is -2.10. The van der Waals surface area contributed by atoms with Gasteiger partial charge >= 0.3 is 0 Å². The molecule has 52 heavy (non-hydrogen) atoms. The van der Waals surface area contributed by atoms with Crippen LogP contribution in [0, 0.1) is 0 Å². The van der Waals surface area contributed by atoms with E-state index in [1.807, 2.05) is 11.3 Å². The van der Waals surface area contributed by atoms with E-state index in [4.69, 9.17) is 0 Å². The minimum absolute atomic E-state index is 1.12. The van der Waals surface area contributed by atoms with Gasteiger partial charge in [-0.05, 0) is 85.9 Å². The Morgan fingerprint density at radius 1 is 0.327 bits per heavy atom. The fourth-order valence-corrected chi connectivity index (χ4v) is 8.94. The second-order valence-electron chi connectivity index (χ2n) is 13.3. The molecule has 0 unspecified atom stereocenters. The van der Waals surface area contributed by atoms with Gasteiger partial charge in [0.05, 0.1) is 5.69 Å². The fourth-order valence-electron chi connectivity index (χ4n) is 7.71. The molecule has 0 saturated heterocycles. The number of benzene rings is 9. The topological polar surface area (TPSA) is 3.24 Å². The highest BCUT2D eigenvalue weighted by Gasteiger charge is 2.18. The van der Waals surface area contributed by atoms with Crippen molar-refractivity contribution in [2.24, 2.45) is 0 Å². The summed E-state index contributed by atoms with van der Waals surface area (Å²) < 4.78 is 2.66. The summed E-state index contributed by atoms with van der Waals surface area (Å²) in [6.07, 6.45) is 0. The second kappa shape index (κ2) is 12.7. The molecule has 0 N–H and O–H groups in total. The Hall–Kier alpha value is -6.48. The van der Waals surface area contributed by atoms with Crippen LogP contribution < -0.4 is 4.90 Å². The minimum Gasteiger partial charge on any atom is -0.310 e. The van der Waals surface area contributed by atoms with Crippen molar-refractivity contribution in [3.63, 3.8) is 0 Å². The molecule has 0 radical (unpaired) electrons. The van der Waals surface area contributed by atoms with Gasteiger partial charge in [-0.2, -0.15) is 0 Å². The van der Waals surface area contributed by atoms with Crippen molar-refractivity contribution in [3.05, 3.63) is 200 Å². The predicted octanol–water partition coefficient (Wildman–Crippen LogP) is 14.8. The van der Waals surface area contributed by atoms with Crippen molar-refractivity contribution in [1.82, 2.24) is 0 Å². The molecule has 1 nitrogen and oxygen atoms in total. The molecular weight excluding hydrogens is 647 g/mol. The van der Waals surface area contributed by atoms with Crippen LogP contribution >= 0.6 is 11.3 Å². The SMILES string of the molecule is c1ccc(-c2ccc(-c3ccc(N(c4ccc(-c5cccc6c5sc5ccccc56)cc4)c4cccc5ccc6ccccc6c45)cc3)cc2)cc1. The highest BCUT2D eigenvalue weighted by Crippen LogP contribution is 2.44. The van der Waals surface area contributed by atoms with Gasteiger partial charge in [0.2, 0.25) is 0 Å².